The summed E-state index contributed by atoms with van der Waals surface area (Å²) in [6.45, 7) is 2.91. The highest BCUT2D eigenvalue weighted by Gasteiger charge is 2.21. The van der Waals surface area contributed by atoms with Crippen LogP contribution in [-0.4, -0.2) is 38.6 Å². The fourth-order valence-electron chi connectivity index (χ4n) is 2.41. The van der Waals surface area contributed by atoms with Gasteiger partial charge in [0.25, 0.3) is 0 Å². The molecule has 1 amide bonds. The van der Waals surface area contributed by atoms with Gasteiger partial charge in [-0.3, -0.25) is 4.79 Å². The molecule has 1 atom stereocenters. The Bertz CT molecular complexity index is 463. The Hall–Kier alpha value is -1.75. The van der Waals surface area contributed by atoms with E-state index < -0.39 is 0 Å². The molecule has 0 fully saturated rings. The Morgan fingerprint density at radius 2 is 2.05 bits per heavy atom. The zero-order valence-corrected chi connectivity index (χ0v) is 13.4. The molecule has 0 spiro atoms. The molecular formula is C16H26N2O3. The summed E-state index contributed by atoms with van der Waals surface area (Å²) in [6, 6.07) is 5.66. The number of nitrogens with two attached hydrogens (primary N) is 1. The predicted molar refractivity (Wildman–Crippen MR) is 83.5 cm³/mol. The number of hydrogen-bond donors (Lipinski definition) is 1. The van der Waals surface area contributed by atoms with Crippen LogP contribution in [0.3, 0.4) is 0 Å². The van der Waals surface area contributed by atoms with Crippen LogP contribution in [0, 0.1) is 5.92 Å². The van der Waals surface area contributed by atoms with Crippen LogP contribution in [-0.2, 0) is 11.3 Å². The van der Waals surface area contributed by atoms with Crippen LogP contribution in [0.15, 0.2) is 18.2 Å². The molecule has 2 N–H and O–H groups in total. The van der Waals surface area contributed by atoms with Crippen molar-refractivity contribution in [3.63, 3.8) is 0 Å². The first-order chi connectivity index (χ1) is 10.1. The summed E-state index contributed by atoms with van der Waals surface area (Å²) in [6.07, 6.45) is 1.76. The predicted octanol–water partition coefficient (Wildman–Crippen LogP) is 2.04. The molecule has 21 heavy (non-hydrogen) atoms. The molecular weight excluding hydrogens is 268 g/mol. The first-order valence-corrected chi connectivity index (χ1v) is 7.23. The molecule has 1 aromatic rings. The first-order valence-electron chi connectivity index (χ1n) is 7.23. The van der Waals surface area contributed by atoms with Crippen LogP contribution in [0.2, 0.25) is 0 Å². The number of hydrogen-bond acceptors (Lipinski definition) is 4. The van der Waals surface area contributed by atoms with Crippen molar-refractivity contribution >= 4 is 5.91 Å². The molecule has 0 radical (unpaired) electrons. The van der Waals surface area contributed by atoms with E-state index in [0.717, 1.165) is 18.4 Å². The number of rotatable bonds is 8. The van der Waals surface area contributed by atoms with Gasteiger partial charge in [0.1, 0.15) is 0 Å². The molecule has 118 valence electrons. The molecule has 5 nitrogen and oxygen atoms in total. The lowest BCUT2D eigenvalue weighted by Crippen LogP contribution is -2.36. The monoisotopic (exact) mass is 294 g/mol. The summed E-state index contributed by atoms with van der Waals surface area (Å²) < 4.78 is 10.7. The largest absolute Gasteiger partial charge is 0.493 e. The lowest BCUT2D eigenvalue weighted by molar-refractivity contribution is -0.134. The number of carbonyl (C=O) groups excluding carboxylic acids is 1. The number of ether oxygens (including phenoxy) is 2. The van der Waals surface area contributed by atoms with Crippen molar-refractivity contribution in [1.82, 2.24) is 4.90 Å². The number of nitrogens with zero attached hydrogens (tertiary/aromatic N) is 1. The van der Waals surface area contributed by atoms with E-state index in [9.17, 15) is 4.79 Å². The fourth-order valence-corrected chi connectivity index (χ4v) is 2.41. The van der Waals surface area contributed by atoms with Crippen LogP contribution in [0.4, 0.5) is 0 Å². The van der Waals surface area contributed by atoms with Crippen LogP contribution in [0.1, 0.15) is 25.3 Å². The van der Waals surface area contributed by atoms with Crippen molar-refractivity contribution in [2.45, 2.75) is 26.3 Å². The van der Waals surface area contributed by atoms with E-state index in [4.69, 9.17) is 15.2 Å². The minimum absolute atomic E-state index is 0.0734. The first kappa shape index (κ1) is 17.3. The fraction of sp³-hybridized carbons (Fsp3) is 0.562. The molecule has 1 aromatic carbocycles. The van der Waals surface area contributed by atoms with E-state index in [2.05, 4.69) is 6.92 Å². The third-order valence-electron chi connectivity index (χ3n) is 3.54. The SMILES string of the molecule is CCCC(CN)C(=O)N(C)Cc1cccc(OC)c1OC. The Labute approximate surface area is 127 Å². The molecule has 0 saturated heterocycles. The normalized spacial score (nSPS) is 11.9. The van der Waals surface area contributed by atoms with Crippen molar-refractivity contribution in [3.05, 3.63) is 23.8 Å². The Kier molecular flexibility index (Phi) is 7.02. The summed E-state index contributed by atoms with van der Waals surface area (Å²) in [5.74, 6) is 1.29. The van der Waals surface area contributed by atoms with Gasteiger partial charge in [-0.1, -0.05) is 25.5 Å². The number of amides is 1. The maximum atomic E-state index is 12.4. The smallest absolute Gasteiger partial charge is 0.226 e. The summed E-state index contributed by atoms with van der Waals surface area (Å²) >= 11 is 0. The maximum absolute atomic E-state index is 12.4. The molecule has 0 aliphatic heterocycles. The van der Waals surface area contributed by atoms with E-state index in [0.29, 0.717) is 24.6 Å². The van der Waals surface area contributed by atoms with Gasteiger partial charge in [-0.2, -0.15) is 0 Å². The van der Waals surface area contributed by atoms with Crippen molar-refractivity contribution < 1.29 is 14.3 Å². The molecule has 5 heteroatoms. The van der Waals surface area contributed by atoms with Gasteiger partial charge in [0.05, 0.1) is 20.1 Å². The quantitative estimate of drug-likeness (QED) is 0.797. The van der Waals surface area contributed by atoms with Gasteiger partial charge in [-0.15, -0.1) is 0 Å². The van der Waals surface area contributed by atoms with Gasteiger partial charge in [0, 0.05) is 25.7 Å². The van der Waals surface area contributed by atoms with Crippen LogP contribution in [0.25, 0.3) is 0 Å². The van der Waals surface area contributed by atoms with E-state index in [1.165, 1.54) is 0 Å². The Morgan fingerprint density at radius 1 is 1.33 bits per heavy atom. The third kappa shape index (κ3) is 4.36. The molecule has 0 aromatic heterocycles. The zero-order chi connectivity index (χ0) is 15.8. The topological polar surface area (TPSA) is 64.8 Å². The Balaban J connectivity index is 2.87. The highest BCUT2D eigenvalue weighted by atomic mass is 16.5. The second-order valence-corrected chi connectivity index (χ2v) is 5.07. The van der Waals surface area contributed by atoms with E-state index in [1.807, 2.05) is 18.2 Å². The van der Waals surface area contributed by atoms with E-state index in [-0.39, 0.29) is 11.8 Å². The van der Waals surface area contributed by atoms with Gasteiger partial charge in [-0.05, 0) is 12.5 Å². The maximum Gasteiger partial charge on any atom is 0.226 e. The second kappa shape index (κ2) is 8.52. The summed E-state index contributed by atoms with van der Waals surface area (Å²) in [5.41, 5.74) is 6.62. The number of para-hydroxylation sites is 1. The van der Waals surface area contributed by atoms with Crippen molar-refractivity contribution in [2.75, 3.05) is 27.8 Å². The average molecular weight is 294 g/mol. The molecule has 0 aliphatic carbocycles. The zero-order valence-electron chi connectivity index (χ0n) is 13.4. The van der Waals surface area contributed by atoms with Crippen LogP contribution >= 0.6 is 0 Å². The highest BCUT2D eigenvalue weighted by molar-refractivity contribution is 5.78. The average Bonchev–Trinajstić information content (AvgIpc) is 2.51. The van der Waals surface area contributed by atoms with Crippen molar-refractivity contribution in [3.8, 4) is 11.5 Å². The van der Waals surface area contributed by atoms with E-state index >= 15 is 0 Å². The molecule has 0 heterocycles. The van der Waals surface area contributed by atoms with Crippen LogP contribution in [0.5, 0.6) is 11.5 Å². The number of benzene rings is 1. The number of carbonyl (C=O) groups is 1. The molecule has 1 rings (SSSR count). The third-order valence-corrected chi connectivity index (χ3v) is 3.54. The molecule has 0 bridgehead atoms. The lowest BCUT2D eigenvalue weighted by atomic mass is 10.0. The van der Waals surface area contributed by atoms with Gasteiger partial charge in [0.15, 0.2) is 11.5 Å². The Morgan fingerprint density at radius 3 is 2.57 bits per heavy atom. The van der Waals surface area contributed by atoms with Crippen molar-refractivity contribution in [2.24, 2.45) is 11.7 Å². The lowest BCUT2D eigenvalue weighted by Gasteiger charge is -2.24. The standard InChI is InChI=1S/C16H26N2O3/c1-5-7-12(10-17)16(19)18(2)11-13-8-6-9-14(20-3)15(13)21-4/h6,8-9,12H,5,7,10-11,17H2,1-4H3. The minimum Gasteiger partial charge on any atom is -0.493 e. The summed E-state index contributed by atoms with van der Waals surface area (Å²) in [4.78, 5) is 14.1. The summed E-state index contributed by atoms with van der Waals surface area (Å²) in [5, 5.41) is 0. The van der Waals surface area contributed by atoms with Crippen LogP contribution < -0.4 is 15.2 Å². The molecule has 1 unspecified atom stereocenters. The van der Waals surface area contributed by atoms with Gasteiger partial charge in [0.2, 0.25) is 5.91 Å². The summed E-state index contributed by atoms with van der Waals surface area (Å²) in [7, 11) is 4.99. The highest BCUT2D eigenvalue weighted by Crippen LogP contribution is 2.31. The second-order valence-electron chi connectivity index (χ2n) is 5.07. The van der Waals surface area contributed by atoms with Gasteiger partial charge >= 0.3 is 0 Å². The van der Waals surface area contributed by atoms with Crippen molar-refractivity contribution in [1.29, 1.82) is 0 Å². The van der Waals surface area contributed by atoms with E-state index in [1.54, 1.807) is 26.2 Å². The number of methoxy groups -OCH3 is 2. The van der Waals surface area contributed by atoms with Gasteiger partial charge < -0.3 is 20.1 Å². The minimum atomic E-state index is -0.114. The molecule has 0 aliphatic rings. The molecule has 0 saturated carbocycles. The van der Waals surface area contributed by atoms with Gasteiger partial charge in [-0.25, -0.2) is 0 Å².